The monoisotopic (exact) mass is 327 g/mol. The minimum Gasteiger partial charge on any atom is -0.497 e. The van der Waals surface area contributed by atoms with Gasteiger partial charge in [0.05, 0.1) is 7.11 Å². The number of carbonyl (C=O) groups excluding carboxylic acids is 1. The van der Waals surface area contributed by atoms with E-state index in [1.165, 1.54) is 5.56 Å². The molecule has 1 aliphatic heterocycles. The Labute approximate surface area is 143 Å². The Morgan fingerprint density at radius 1 is 1.50 bits per heavy atom. The summed E-state index contributed by atoms with van der Waals surface area (Å²) in [7, 11) is 1.69. The molecule has 0 saturated heterocycles. The predicted molar refractivity (Wildman–Crippen MR) is 93.5 cm³/mol. The van der Waals surface area contributed by atoms with Crippen molar-refractivity contribution in [2.75, 3.05) is 7.11 Å². The molecule has 1 aliphatic rings. The number of aromatic nitrogens is 2. The number of hydrogen-bond acceptors (Lipinski definition) is 3. The molecule has 0 aliphatic carbocycles. The van der Waals surface area contributed by atoms with Crippen molar-refractivity contribution in [3.05, 3.63) is 47.5 Å². The molecule has 0 fully saturated rings. The van der Waals surface area contributed by atoms with E-state index >= 15 is 0 Å². The van der Waals surface area contributed by atoms with Crippen molar-refractivity contribution in [2.24, 2.45) is 0 Å². The highest BCUT2D eigenvalue weighted by atomic mass is 16.5. The van der Waals surface area contributed by atoms with Gasteiger partial charge in [0.2, 0.25) is 0 Å². The van der Waals surface area contributed by atoms with E-state index in [0.717, 1.165) is 37.4 Å². The zero-order valence-corrected chi connectivity index (χ0v) is 14.6. The first-order valence-electron chi connectivity index (χ1n) is 8.61. The van der Waals surface area contributed by atoms with Crippen LogP contribution in [0.15, 0.2) is 30.5 Å². The van der Waals surface area contributed by atoms with Crippen LogP contribution in [0, 0.1) is 0 Å². The van der Waals surface area contributed by atoms with Gasteiger partial charge in [0.15, 0.2) is 0 Å². The molecule has 3 rings (SSSR count). The second-order valence-corrected chi connectivity index (χ2v) is 6.49. The highest BCUT2D eigenvalue weighted by molar-refractivity contribution is 5.92. The van der Waals surface area contributed by atoms with Crippen LogP contribution in [0.3, 0.4) is 0 Å². The van der Waals surface area contributed by atoms with Crippen LogP contribution in [0.1, 0.15) is 54.5 Å². The first kappa shape index (κ1) is 16.6. The van der Waals surface area contributed by atoms with E-state index in [4.69, 9.17) is 4.74 Å². The summed E-state index contributed by atoms with van der Waals surface area (Å²) in [6.07, 6.45) is 4.73. The summed E-state index contributed by atoms with van der Waals surface area (Å²) in [5.74, 6) is 2.23. The van der Waals surface area contributed by atoms with E-state index in [0.29, 0.717) is 11.6 Å². The fourth-order valence-corrected chi connectivity index (χ4v) is 3.12. The van der Waals surface area contributed by atoms with Crippen LogP contribution in [-0.2, 0) is 13.0 Å². The lowest BCUT2D eigenvalue weighted by Crippen LogP contribution is -2.32. The lowest BCUT2D eigenvalue weighted by molar-refractivity contribution is 0.0934. The van der Waals surface area contributed by atoms with Gasteiger partial charge in [-0.2, -0.15) is 0 Å². The third-order valence-electron chi connectivity index (χ3n) is 4.78. The summed E-state index contributed by atoms with van der Waals surface area (Å²) in [5.41, 5.74) is 1.80. The van der Waals surface area contributed by atoms with Crippen LogP contribution in [0.5, 0.6) is 5.75 Å². The molecule has 0 bridgehead atoms. The number of aryl methyl sites for hydroxylation is 1. The quantitative estimate of drug-likeness (QED) is 0.918. The van der Waals surface area contributed by atoms with Gasteiger partial charge in [0.1, 0.15) is 17.3 Å². The Morgan fingerprint density at radius 3 is 3.08 bits per heavy atom. The molecule has 24 heavy (non-hydrogen) atoms. The number of nitrogens with zero attached hydrogens (tertiary/aromatic N) is 2. The molecule has 1 aromatic heterocycles. The molecule has 2 heterocycles. The Balaban J connectivity index is 1.75. The van der Waals surface area contributed by atoms with E-state index in [1.807, 2.05) is 25.3 Å². The normalized spacial score (nSPS) is 17.9. The number of hydrogen-bond donors (Lipinski definition) is 1. The average molecular weight is 327 g/mol. The van der Waals surface area contributed by atoms with Gasteiger partial charge in [-0.05, 0) is 37.5 Å². The summed E-state index contributed by atoms with van der Waals surface area (Å²) >= 11 is 0. The third-order valence-corrected chi connectivity index (χ3v) is 4.78. The fraction of sp³-hybridized carbons (Fsp3) is 0.474. The van der Waals surface area contributed by atoms with Gasteiger partial charge in [-0.3, -0.25) is 4.79 Å². The first-order valence-corrected chi connectivity index (χ1v) is 8.61. The molecule has 0 saturated carbocycles. The van der Waals surface area contributed by atoms with Crippen LogP contribution in [0.2, 0.25) is 0 Å². The molecule has 1 amide bonds. The van der Waals surface area contributed by atoms with Gasteiger partial charge in [0.25, 0.3) is 5.91 Å². The Bertz CT molecular complexity index is 723. The highest BCUT2D eigenvalue weighted by Gasteiger charge is 2.24. The molecule has 2 unspecified atom stereocenters. The van der Waals surface area contributed by atoms with E-state index in [9.17, 15) is 4.79 Å². The van der Waals surface area contributed by atoms with E-state index in [1.54, 1.807) is 7.11 Å². The number of carbonyl (C=O) groups is 1. The molecule has 1 N–H and O–H groups in total. The molecule has 0 radical (unpaired) electrons. The summed E-state index contributed by atoms with van der Waals surface area (Å²) in [6, 6.07) is 8.41. The molecule has 2 atom stereocenters. The molecule has 5 nitrogen and oxygen atoms in total. The minimum atomic E-state index is -0.0795. The molecule has 1 aromatic carbocycles. The lowest BCUT2D eigenvalue weighted by Gasteiger charge is -2.24. The minimum absolute atomic E-state index is 0.0795. The third kappa shape index (κ3) is 3.45. The maximum Gasteiger partial charge on any atom is 0.271 e. The second-order valence-electron chi connectivity index (χ2n) is 6.49. The van der Waals surface area contributed by atoms with Crippen LogP contribution < -0.4 is 10.1 Å². The van der Waals surface area contributed by atoms with Crippen LogP contribution in [0.4, 0.5) is 0 Å². The van der Waals surface area contributed by atoms with Gasteiger partial charge in [-0.15, -0.1) is 0 Å². The van der Waals surface area contributed by atoms with Crippen molar-refractivity contribution >= 4 is 5.91 Å². The van der Waals surface area contributed by atoms with Gasteiger partial charge < -0.3 is 14.6 Å². The van der Waals surface area contributed by atoms with Crippen molar-refractivity contribution in [1.82, 2.24) is 14.9 Å². The summed E-state index contributed by atoms with van der Waals surface area (Å²) in [6.45, 7) is 4.92. The van der Waals surface area contributed by atoms with Crippen molar-refractivity contribution < 1.29 is 9.53 Å². The van der Waals surface area contributed by atoms with Crippen LogP contribution in [0.25, 0.3) is 0 Å². The smallest absolute Gasteiger partial charge is 0.271 e. The van der Waals surface area contributed by atoms with E-state index < -0.39 is 0 Å². The molecular formula is C19H25N3O2. The molecule has 128 valence electrons. The number of nitrogens with one attached hydrogen (secondary N) is 1. The summed E-state index contributed by atoms with van der Waals surface area (Å²) in [4.78, 5) is 16.8. The zero-order chi connectivity index (χ0) is 17.1. The standard InChI is InChI=1S/C19H25N3O2/c1-4-13(2)20-19(23)17-12-22-11-15(8-9-18(22)21-17)14-6-5-7-16(10-14)24-3/h5-7,10,12-13,15H,4,8-9,11H2,1-3H3,(H,20,23). The number of methoxy groups -OCH3 is 1. The van der Waals surface area contributed by atoms with Gasteiger partial charge in [0, 0.05) is 31.1 Å². The number of fused-ring (bicyclic) bond motifs is 1. The fourth-order valence-electron chi connectivity index (χ4n) is 3.12. The maximum absolute atomic E-state index is 12.3. The van der Waals surface area contributed by atoms with Crippen molar-refractivity contribution in [1.29, 1.82) is 0 Å². The molecule has 2 aromatic rings. The predicted octanol–water partition coefficient (Wildman–Crippen LogP) is 3.15. The van der Waals surface area contributed by atoms with Crippen LogP contribution >= 0.6 is 0 Å². The number of ether oxygens (including phenoxy) is 1. The van der Waals surface area contributed by atoms with Crippen LogP contribution in [-0.4, -0.2) is 28.6 Å². The first-order chi connectivity index (χ1) is 11.6. The number of rotatable bonds is 5. The van der Waals surface area contributed by atoms with E-state index in [-0.39, 0.29) is 11.9 Å². The van der Waals surface area contributed by atoms with Crippen molar-refractivity contribution in [2.45, 2.75) is 51.6 Å². The highest BCUT2D eigenvalue weighted by Crippen LogP contribution is 2.30. The molecule has 0 spiro atoms. The lowest BCUT2D eigenvalue weighted by atomic mass is 9.91. The van der Waals surface area contributed by atoms with Gasteiger partial charge in [-0.25, -0.2) is 4.98 Å². The van der Waals surface area contributed by atoms with Crippen molar-refractivity contribution in [3.8, 4) is 5.75 Å². The topological polar surface area (TPSA) is 56.2 Å². The number of amides is 1. The summed E-state index contributed by atoms with van der Waals surface area (Å²) in [5, 5.41) is 2.98. The Morgan fingerprint density at radius 2 is 2.33 bits per heavy atom. The molecule has 5 heteroatoms. The average Bonchev–Trinajstić information content (AvgIpc) is 3.05. The molecular weight excluding hydrogens is 302 g/mol. The Kier molecular flexibility index (Phi) is 4.88. The van der Waals surface area contributed by atoms with Crippen molar-refractivity contribution in [3.63, 3.8) is 0 Å². The van der Waals surface area contributed by atoms with Gasteiger partial charge >= 0.3 is 0 Å². The SMILES string of the molecule is CCC(C)NC(=O)c1cn2c(n1)CCC(c1cccc(OC)c1)C2. The number of imidazole rings is 1. The summed E-state index contributed by atoms with van der Waals surface area (Å²) < 4.78 is 7.45. The van der Waals surface area contributed by atoms with E-state index in [2.05, 4.69) is 33.9 Å². The van der Waals surface area contributed by atoms with Gasteiger partial charge in [-0.1, -0.05) is 19.1 Å². The second kappa shape index (κ2) is 7.07. The zero-order valence-electron chi connectivity index (χ0n) is 14.6. The number of benzene rings is 1. The largest absolute Gasteiger partial charge is 0.497 e. The maximum atomic E-state index is 12.3. The Hall–Kier alpha value is -2.30.